The molecule has 10 heteroatoms. The number of likely N-dealkylation sites (tertiary alicyclic amines) is 1. The molecule has 4 rings (SSSR count). The Hall–Kier alpha value is -2.85. The lowest BCUT2D eigenvalue weighted by molar-refractivity contribution is 0.0737. The number of hydrogen-bond acceptors (Lipinski definition) is 6. The van der Waals surface area contributed by atoms with E-state index in [1.165, 1.54) is 12.1 Å². The van der Waals surface area contributed by atoms with Crippen LogP contribution < -0.4 is 5.32 Å². The van der Waals surface area contributed by atoms with Gasteiger partial charge in [-0.2, -0.15) is 5.10 Å². The van der Waals surface area contributed by atoms with Crippen molar-refractivity contribution in [1.82, 2.24) is 29.5 Å². The molecule has 1 aromatic carbocycles. The summed E-state index contributed by atoms with van der Waals surface area (Å²) in [6.07, 6.45) is 7.06. The summed E-state index contributed by atoms with van der Waals surface area (Å²) in [6, 6.07) is 6.20. The quantitative estimate of drug-likeness (QED) is 0.494. The molecule has 1 fully saturated rings. The number of benzene rings is 1. The maximum atomic E-state index is 13.6. The van der Waals surface area contributed by atoms with Crippen LogP contribution in [0.5, 0.6) is 0 Å². The van der Waals surface area contributed by atoms with Crippen molar-refractivity contribution in [3.8, 4) is 11.1 Å². The Morgan fingerprint density at radius 2 is 1.97 bits per heavy atom. The highest BCUT2D eigenvalue weighted by Gasteiger charge is 2.32. The summed E-state index contributed by atoms with van der Waals surface area (Å²) in [5.74, 6) is 0.101. The summed E-state index contributed by atoms with van der Waals surface area (Å²) in [5, 5.41) is 7.87. The summed E-state index contributed by atoms with van der Waals surface area (Å²) in [6.45, 7) is 2.67. The molecule has 174 valence electrons. The van der Waals surface area contributed by atoms with Crippen LogP contribution in [0.1, 0.15) is 23.3 Å². The number of aromatic nitrogens is 4. The van der Waals surface area contributed by atoms with Gasteiger partial charge in [-0.05, 0) is 60.6 Å². The van der Waals surface area contributed by atoms with Gasteiger partial charge in [0, 0.05) is 49.8 Å². The third-order valence-corrected chi connectivity index (χ3v) is 6.06. The van der Waals surface area contributed by atoms with Gasteiger partial charge in [0.1, 0.15) is 5.82 Å². The molecule has 1 aliphatic heterocycles. The molecule has 2 aromatic heterocycles. The molecular formula is C23H27BrFN7O. The van der Waals surface area contributed by atoms with E-state index in [4.69, 9.17) is 0 Å². The first kappa shape index (κ1) is 23.3. The second-order valence-corrected chi connectivity index (χ2v) is 9.28. The van der Waals surface area contributed by atoms with E-state index in [0.29, 0.717) is 36.8 Å². The molecule has 1 unspecified atom stereocenters. The predicted octanol–water partition coefficient (Wildman–Crippen LogP) is 3.52. The van der Waals surface area contributed by atoms with Gasteiger partial charge in [0.15, 0.2) is 5.69 Å². The number of halogens is 2. The number of nitrogens with one attached hydrogen (secondary N) is 1. The van der Waals surface area contributed by atoms with E-state index in [9.17, 15) is 9.18 Å². The van der Waals surface area contributed by atoms with E-state index < -0.39 is 0 Å². The van der Waals surface area contributed by atoms with Crippen LogP contribution in [0.2, 0.25) is 0 Å². The zero-order chi connectivity index (χ0) is 23.4. The molecule has 3 aromatic rings. The number of carbonyl (C=O) groups excluding carboxylic acids is 1. The molecule has 33 heavy (non-hydrogen) atoms. The first-order chi connectivity index (χ1) is 15.9. The van der Waals surface area contributed by atoms with Gasteiger partial charge in [0.2, 0.25) is 5.95 Å². The highest BCUT2D eigenvalue weighted by molar-refractivity contribution is 9.10. The maximum absolute atomic E-state index is 13.6. The van der Waals surface area contributed by atoms with Crippen LogP contribution in [0.4, 0.5) is 10.3 Å². The molecule has 0 spiro atoms. The fraction of sp³-hybridized carbons (Fsp3) is 0.391. The lowest BCUT2D eigenvalue weighted by Gasteiger charge is -2.24. The predicted molar refractivity (Wildman–Crippen MR) is 128 cm³/mol. The first-order valence-corrected chi connectivity index (χ1v) is 11.7. The molecule has 1 N–H and O–H groups in total. The van der Waals surface area contributed by atoms with Crippen LogP contribution in [0.3, 0.4) is 0 Å². The number of anilines is 1. The van der Waals surface area contributed by atoms with Crippen molar-refractivity contribution in [1.29, 1.82) is 0 Å². The minimum absolute atomic E-state index is 0.0118. The average Bonchev–Trinajstić information content (AvgIpc) is 3.45. The lowest BCUT2D eigenvalue weighted by Crippen LogP contribution is -2.40. The Labute approximate surface area is 200 Å². The minimum atomic E-state index is -0.313. The van der Waals surface area contributed by atoms with Gasteiger partial charge in [-0.3, -0.25) is 9.48 Å². The molecule has 1 atom stereocenters. The van der Waals surface area contributed by atoms with Gasteiger partial charge in [-0.15, -0.1) is 0 Å². The highest BCUT2D eigenvalue weighted by Crippen LogP contribution is 2.27. The van der Waals surface area contributed by atoms with E-state index in [-0.39, 0.29) is 17.8 Å². The number of carbonyl (C=O) groups is 1. The van der Waals surface area contributed by atoms with Crippen LogP contribution in [0.25, 0.3) is 11.1 Å². The molecule has 0 bridgehead atoms. The van der Waals surface area contributed by atoms with Crippen LogP contribution in [0, 0.1) is 5.82 Å². The number of rotatable bonds is 8. The molecule has 1 saturated heterocycles. The smallest absolute Gasteiger partial charge is 0.275 e. The number of hydrogen-bond donors (Lipinski definition) is 1. The summed E-state index contributed by atoms with van der Waals surface area (Å²) in [7, 11) is 3.99. The van der Waals surface area contributed by atoms with Crippen LogP contribution in [-0.2, 0) is 6.54 Å². The van der Waals surface area contributed by atoms with Crippen LogP contribution >= 0.6 is 15.9 Å². The van der Waals surface area contributed by atoms with E-state index in [1.54, 1.807) is 29.2 Å². The van der Waals surface area contributed by atoms with Gasteiger partial charge < -0.3 is 15.1 Å². The Morgan fingerprint density at radius 1 is 1.24 bits per heavy atom. The molecule has 0 aliphatic carbocycles. The van der Waals surface area contributed by atoms with Gasteiger partial charge in [-0.1, -0.05) is 12.1 Å². The Balaban J connectivity index is 1.55. The number of amides is 1. The monoisotopic (exact) mass is 515 g/mol. The molecule has 1 aliphatic rings. The van der Waals surface area contributed by atoms with Gasteiger partial charge in [0.05, 0.1) is 11.0 Å². The Morgan fingerprint density at radius 3 is 2.67 bits per heavy atom. The van der Waals surface area contributed by atoms with Crippen molar-refractivity contribution in [2.75, 3.05) is 39.0 Å². The van der Waals surface area contributed by atoms with Gasteiger partial charge >= 0.3 is 0 Å². The zero-order valence-corrected chi connectivity index (χ0v) is 20.3. The third-order valence-electron chi connectivity index (χ3n) is 5.65. The maximum Gasteiger partial charge on any atom is 0.275 e. The van der Waals surface area contributed by atoms with Crippen molar-refractivity contribution >= 4 is 27.8 Å². The SMILES string of the molecule is CN(C)CCn1cc(-c2ccc(F)cc2)c(C(=O)N2CCCC2CNc2ncc(Br)cn2)n1. The minimum Gasteiger partial charge on any atom is -0.352 e. The second-order valence-electron chi connectivity index (χ2n) is 8.37. The van der Waals surface area contributed by atoms with Gasteiger partial charge in [-0.25, -0.2) is 14.4 Å². The molecule has 0 saturated carbocycles. The lowest BCUT2D eigenvalue weighted by atomic mass is 10.1. The molecular weight excluding hydrogens is 489 g/mol. The largest absolute Gasteiger partial charge is 0.352 e. The van der Waals surface area contributed by atoms with Crippen LogP contribution in [0.15, 0.2) is 47.3 Å². The Bertz CT molecular complexity index is 1090. The third kappa shape index (κ3) is 5.75. The van der Waals surface area contributed by atoms with Crippen molar-refractivity contribution in [3.05, 3.63) is 58.8 Å². The molecule has 1 amide bonds. The van der Waals surface area contributed by atoms with Crippen molar-refractivity contribution in [3.63, 3.8) is 0 Å². The highest BCUT2D eigenvalue weighted by atomic mass is 79.9. The number of nitrogens with zero attached hydrogens (tertiary/aromatic N) is 6. The van der Waals surface area contributed by atoms with E-state index in [1.807, 2.05) is 25.2 Å². The van der Waals surface area contributed by atoms with Crippen molar-refractivity contribution in [2.24, 2.45) is 0 Å². The molecule has 8 nitrogen and oxygen atoms in total. The standard InChI is InChI=1S/C23H27BrFN7O/c1-30(2)10-11-31-15-20(16-5-7-18(25)8-6-16)21(29-31)22(33)32-9-3-4-19(32)14-28-23-26-12-17(24)13-27-23/h5-8,12-13,15,19H,3-4,9-11,14H2,1-2H3,(H,26,27,28). The summed E-state index contributed by atoms with van der Waals surface area (Å²) in [5.41, 5.74) is 1.88. The summed E-state index contributed by atoms with van der Waals surface area (Å²) < 4.78 is 16.1. The van der Waals surface area contributed by atoms with E-state index in [2.05, 4.69) is 41.2 Å². The summed E-state index contributed by atoms with van der Waals surface area (Å²) >= 11 is 3.33. The fourth-order valence-electron chi connectivity index (χ4n) is 3.90. The van der Waals surface area contributed by atoms with Gasteiger partial charge in [0.25, 0.3) is 5.91 Å². The Kier molecular flexibility index (Phi) is 7.34. The average molecular weight is 516 g/mol. The second kappa shape index (κ2) is 10.4. The van der Waals surface area contributed by atoms with Crippen molar-refractivity contribution < 1.29 is 9.18 Å². The van der Waals surface area contributed by atoms with Crippen molar-refractivity contribution in [2.45, 2.75) is 25.4 Å². The molecule has 3 heterocycles. The molecule has 0 radical (unpaired) electrons. The zero-order valence-electron chi connectivity index (χ0n) is 18.7. The normalized spacial score (nSPS) is 15.9. The van der Waals surface area contributed by atoms with Crippen LogP contribution in [-0.4, -0.2) is 75.2 Å². The topological polar surface area (TPSA) is 79.2 Å². The first-order valence-electron chi connectivity index (χ1n) is 10.9. The summed E-state index contributed by atoms with van der Waals surface area (Å²) in [4.78, 5) is 26.0. The van der Waals surface area contributed by atoms with E-state index >= 15 is 0 Å². The fourth-order valence-corrected chi connectivity index (χ4v) is 4.11. The number of likely N-dealkylation sites (N-methyl/N-ethyl adjacent to an activating group) is 1. The van der Waals surface area contributed by atoms with E-state index in [0.717, 1.165) is 29.4 Å².